The number of aromatic nitrogens is 3. The maximum Gasteiger partial charge on any atom is 0.416 e. The third-order valence-corrected chi connectivity index (χ3v) is 7.27. The molecule has 0 saturated carbocycles. The zero-order valence-electron chi connectivity index (χ0n) is 23.0. The summed E-state index contributed by atoms with van der Waals surface area (Å²) in [6.45, 7) is -0.531. The Balaban J connectivity index is 1.59. The molecule has 2 heterocycles. The first-order chi connectivity index (χ1) is 20.9. The SMILES string of the molecule is CN(Cc1cc(C(F)(F)F)cc(C(F)(F)F)c1)C(=O)c1c(-c2ccccc2)c2ccccc2c2nnc(-c3ccccc3)n12. The van der Waals surface area contributed by atoms with Gasteiger partial charge in [0.25, 0.3) is 5.91 Å². The van der Waals surface area contributed by atoms with Gasteiger partial charge in [-0.3, -0.25) is 9.20 Å². The Hall–Kier alpha value is -5.19. The van der Waals surface area contributed by atoms with Crippen LogP contribution in [0.4, 0.5) is 26.3 Å². The van der Waals surface area contributed by atoms with Gasteiger partial charge in [-0.25, -0.2) is 0 Å². The number of pyridine rings is 1. The predicted molar refractivity (Wildman–Crippen MR) is 154 cm³/mol. The minimum Gasteiger partial charge on any atom is -0.336 e. The molecule has 0 atom stereocenters. The number of rotatable bonds is 5. The van der Waals surface area contributed by atoms with Gasteiger partial charge >= 0.3 is 12.4 Å². The van der Waals surface area contributed by atoms with Crippen LogP contribution in [0.25, 0.3) is 38.9 Å². The number of hydrogen-bond acceptors (Lipinski definition) is 3. The molecule has 0 N–H and O–H groups in total. The molecular weight excluding hydrogens is 582 g/mol. The van der Waals surface area contributed by atoms with Crippen LogP contribution in [0.15, 0.2) is 103 Å². The number of carbonyl (C=O) groups is 1. The summed E-state index contributed by atoms with van der Waals surface area (Å²) < 4.78 is 83.0. The highest BCUT2D eigenvalue weighted by Gasteiger charge is 2.37. The molecule has 0 aliphatic rings. The zero-order chi connectivity index (χ0) is 31.2. The minimum absolute atomic E-state index is 0.0645. The van der Waals surface area contributed by atoms with Crippen LogP contribution >= 0.6 is 0 Å². The van der Waals surface area contributed by atoms with E-state index in [2.05, 4.69) is 10.2 Å². The molecule has 6 aromatic rings. The smallest absolute Gasteiger partial charge is 0.336 e. The maximum absolute atomic E-state index is 14.5. The fraction of sp³-hybridized carbons (Fsp3) is 0.121. The highest BCUT2D eigenvalue weighted by Crippen LogP contribution is 2.39. The van der Waals surface area contributed by atoms with Crippen molar-refractivity contribution in [3.8, 4) is 22.5 Å². The lowest BCUT2D eigenvalue weighted by atomic mass is 9.95. The molecule has 0 aliphatic carbocycles. The molecule has 0 spiro atoms. The van der Waals surface area contributed by atoms with Crippen molar-refractivity contribution in [3.05, 3.63) is 126 Å². The molecule has 2 aromatic heterocycles. The topological polar surface area (TPSA) is 50.5 Å². The van der Waals surface area contributed by atoms with Gasteiger partial charge in [0, 0.05) is 30.1 Å². The van der Waals surface area contributed by atoms with Crippen LogP contribution in [0, 0.1) is 0 Å². The fourth-order valence-electron chi connectivity index (χ4n) is 5.32. The Kier molecular flexibility index (Phi) is 7.11. The van der Waals surface area contributed by atoms with Crippen molar-refractivity contribution in [1.82, 2.24) is 19.5 Å². The average Bonchev–Trinajstić information content (AvgIpc) is 3.45. The van der Waals surface area contributed by atoms with Gasteiger partial charge in [-0.1, -0.05) is 84.9 Å². The first-order valence-electron chi connectivity index (χ1n) is 13.4. The van der Waals surface area contributed by atoms with Crippen LogP contribution in [0.2, 0.25) is 0 Å². The number of alkyl halides is 6. The van der Waals surface area contributed by atoms with Crippen LogP contribution in [-0.2, 0) is 18.9 Å². The Morgan fingerprint density at radius 3 is 1.80 bits per heavy atom. The normalized spacial score (nSPS) is 12.2. The van der Waals surface area contributed by atoms with Crippen molar-refractivity contribution < 1.29 is 31.1 Å². The molecule has 1 amide bonds. The van der Waals surface area contributed by atoms with E-state index in [0.29, 0.717) is 51.1 Å². The van der Waals surface area contributed by atoms with E-state index in [0.717, 1.165) is 4.90 Å². The van der Waals surface area contributed by atoms with Crippen LogP contribution in [0.3, 0.4) is 0 Å². The second-order valence-corrected chi connectivity index (χ2v) is 10.3. The monoisotopic (exact) mass is 604 g/mol. The van der Waals surface area contributed by atoms with E-state index >= 15 is 0 Å². The lowest BCUT2D eigenvalue weighted by Crippen LogP contribution is -2.29. The van der Waals surface area contributed by atoms with Gasteiger partial charge in [0.15, 0.2) is 11.5 Å². The van der Waals surface area contributed by atoms with Gasteiger partial charge < -0.3 is 4.90 Å². The lowest BCUT2D eigenvalue weighted by molar-refractivity contribution is -0.143. The van der Waals surface area contributed by atoms with Gasteiger partial charge in [0.1, 0.15) is 5.69 Å². The van der Waals surface area contributed by atoms with Crippen molar-refractivity contribution in [3.63, 3.8) is 0 Å². The van der Waals surface area contributed by atoms with E-state index < -0.39 is 35.9 Å². The number of nitrogens with zero attached hydrogens (tertiary/aromatic N) is 4. The van der Waals surface area contributed by atoms with Crippen molar-refractivity contribution >= 4 is 22.3 Å². The molecule has 5 nitrogen and oxygen atoms in total. The summed E-state index contributed by atoms with van der Waals surface area (Å²) in [5, 5.41) is 10.2. The van der Waals surface area contributed by atoms with E-state index in [1.807, 2.05) is 42.5 Å². The van der Waals surface area contributed by atoms with Crippen molar-refractivity contribution in [2.45, 2.75) is 18.9 Å². The average molecular weight is 605 g/mol. The van der Waals surface area contributed by atoms with Crippen LogP contribution < -0.4 is 0 Å². The molecule has 0 bridgehead atoms. The van der Waals surface area contributed by atoms with Gasteiger partial charge in [0.2, 0.25) is 0 Å². The standard InChI is InChI=1S/C33H22F6N4O/c1-42(19-20-16-23(32(34,35)36)18-24(17-20)33(37,38)39)31(44)28-27(21-10-4-2-5-11-21)25-14-8-9-15-26(25)30-41-40-29(43(28)30)22-12-6-3-7-13-22/h2-18H,19H2,1H3. The quantitative estimate of drug-likeness (QED) is 0.185. The van der Waals surface area contributed by atoms with E-state index in [1.54, 1.807) is 46.9 Å². The molecule has 4 aromatic carbocycles. The summed E-state index contributed by atoms with van der Waals surface area (Å²) >= 11 is 0. The number of carbonyl (C=O) groups excluding carboxylic acids is 1. The largest absolute Gasteiger partial charge is 0.416 e. The van der Waals surface area contributed by atoms with Crippen LogP contribution in [-0.4, -0.2) is 32.5 Å². The predicted octanol–water partition coefficient (Wildman–Crippen LogP) is 8.53. The number of fused-ring (bicyclic) bond motifs is 3. The molecule has 0 unspecified atom stereocenters. The second-order valence-electron chi connectivity index (χ2n) is 10.3. The maximum atomic E-state index is 14.5. The number of hydrogen-bond donors (Lipinski definition) is 0. The van der Waals surface area contributed by atoms with E-state index in [1.165, 1.54) is 7.05 Å². The summed E-state index contributed by atoms with van der Waals surface area (Å²) in [6, 6.07) is 26.7. The Morgan fingerprint density at radius 2 is 1.23 bits per heavy atom. The molecular formula is C33H22F6N4O. The third-order valence-electron chi connectivity index (χ3n) is 7.27. The van der Waals surface area contributed by atoms with E-state index in [9.17, 15) is 31.1 Å². The number of benzene rings is 4. The molecule has 0 fully saturated rings. The highest BCUT2D eigenvalue weighted by atomic mass is 19.4. The summed E-state index contributed by atoms with van der Waals surface area (Å²) in [5.74, 6) is -0.304. The molecule has 11 heteroatoms. The van der Waals surface area contributed by atoms with Crippen molar-refractivity contribution in [1.29, 1.82) is 0 Å². The first kappa shape index (κ1) is 28.9. The zero-order valence-corrected chi connectivity index (χ0v) is 23.0. The van der Waals surface area contributed by atoms with Crippen molar-refractivity contribution in [2.24, 2.45) is 0 Å². The minimum atomic E-state index is -5.02. The Bertz CT molecular complexity index is 1970. The van der Waals surface area contributed by atoms with Gasteiger partial charge in [-0.2, -0.15) is 26.3 Å². The molecule has 0 radical (unpaired) electrons. The third kappa shape index (κ3) is 5.25. The molecule has 6 rings (SSSR count). The Morgan fingerprint density at radius 1 is 0.705 bits per heavy atom. The van der Waals surface area contributed by atoms with Gasteiger partial charge in [-0.05, 0) is 34.7 Å². The summed E-state index contributed by atoms with van der Waals surface area (Å²) in [5.41, 5.74) is -0.908. The summed E-state index contributed by atoms with van der Waals surface area (Å²) in [4.78, 5) is 15.5. The summed E-state index contributed by atoms with van der Waals surface area (Å²) in [7, 11) is 1.33. The fourth-order valence-corrected chi connectivity index (χ4v) is 5.32. The second kappa shape index (κ2) is 10.8. The van der Waals surface area contributed by atoms with E-state index in [4.69, 9.17) is 0 Å². The van der Waals surface area contributed by atoms with Crippen LogP contribution in [0.5, 0.6) is 0 Å². The van der Waals surface area contributed by atoms with Gasteiger partial charge in [0.05, 0.1) is 11.1 Å². The molecule has 0 aliphatic heterocycles. The number of amides is 1. The summed E-state index contributed by atoms with van der Waals surface area (Å²) in [6.07, 6.45) is -10.0. The van der Waals surface area contributed by atoms with Crippen LogP contribution in [0.1, 0.15) is 27.2 Å². The van der Waals surface area contributed by atoms with Gasteiger partial charge in [-0.15, -0.1) is 10.2 Å². The van der Waals surface area contributed by atoms with E-state index in [-0.39, 0.29) is 17.3 Å². The van der Waals surface area contributed by atoms with Crippen molar-refractivity contribution in [2.75, 3.05) is 7.05 Å². The first-order valence-corrected chi connectivity index (χ1v) is 13.4. The molecule has 44 heavy (non-hydrogen) atoms. The Labute approximate surface area is 247 Å². The number of halogens is 6. The highest BCUT2D eigenvalue weighted by molar-refractivity contribution is 6.12. The molecule has 0 saturated heterocycles. The lowest BCUT2D eigenvalue weighted by Gasteiger charge is -2.23. The molecule has 222 valence electrons.